The molecule has 1 heterocycles. The molecule has 2 rings (SSSR count). The van der Waals surface area contributed by atoms with Crippen LogP contribution in [0.4, 0.5) is 0 Å². The molecule has 1 aromatic carbocycles. The standard InChI is InChI=1S/C16H17Cl2N3O2S/c1-16(2,3)19-15(24)21-20-14(22)13-7-6-12(23-13)10-5-4-9(17)8-11(10)18/h4-8H,1-3H3,(H,20,22)(H2,19,21,24). The van der Waals surface area contributed by atoms with Crippen molar-refractivity contribution in [2.24, 2.45) is 0 Å². The van der Waals surface area contributed by atoms with Gasteiger partial charge in [-0.25, -0.2) is 0 Å². The first kappa shape index (κ1) is 18.6. The molecule has 0 fully saturated rings. The second-order valence-electron chi connectivity index (χ2n) is 6.07. The lowest BCUT2D eigenvalue weighted by Crippen LogP contribution is -2.52. The Balaban J connectivity index is 2.02. The fraction of sp³-hybridized carbons (Fsp3) is 0.250. The number of rotatable bonds is 2. The highest BCUT2D eigenvalue weighted by molar-refractivity contribution is 7.80. The molecule has 0 bridgehead atoms. The largest absolute Gasteiger partial charge is 0.451 e. The Morgan fingerprint density at radius 2 is 1.83 bits per heavy atom. The van der Waals surface area contributed by atoms with E-state index in [0.717, 1.165) is 0 Å². The smallest absolute Gasteiger partial charge is 0.305 e. The lowest BCUT2D eigenvalue weighted by atomic mass is 10.1. The average Bonchev–Trinajstić information content (AvgIpc) is 2.92. The van der Waals surface area contributed by atoms with Gasteiger partial charge in [0.2, 0.25) is 0 Å². The van der Waals surface area contributed by atoms with Crippen molar-refractivity contribution < 1.29 is 9.21 Å². The van der Waals surface area contributed by atoms with Crippen LogP contribution >= 0.6 is 35.4 Å². The van der Waals surface area contributed by atoms with Crippen molar-refractivity contribution in [1.29, 1.82) is 0 Å². The van der Waals surface area contributed by atoms with Crippen molar-refractivity contribution in [1.82, 2.24) is 16.2 Å². The van der Waals surface area contributed by atoms with Crippen molar-refractivity contribution in [2.75, 3.05) is 0 Å². The van der Waals surface area contributed by atoms with Crippen molar-refractivity contribution in [2.45, 2.75) is 26.3 Å². The molecular weight excluding hydrogens is 369 g/mol. The number of hydrazine groups is 1. The first-order valence-electron chi connectivity index (χ1n) is 7.09. The van der Waals surface area contributed by atoms with Crippen LogP contribution in [0.1, 0.15) is 31.3 Å². The lowest BCUT2D eigenvalue weighted by Gasteiger charge is -2.22. The van der Waals surface area contributed by atoms with Crippen LogP contribution in [-0.2, 0) is 0 Å². The number of hydrogen-bond acceptors (Lipinski definition) is 3. The number of nitrogens with one attached hydrogen (secondary N) is 3. The predicted molar refractivity (Wildman–Crippen MR) is 100 cm³/mol. The van der Waals surface area contributed by atoms with Crippen LogP contribution < -0.4 is 16.2 Å². The molecule has 0 atom stereocenters. The summed E-state index contributed by atoms with van der Waals surface area (Å²) in [6.07, 6.45) is 0. The molecule has 1 amide bonds. The molecule has 0 unspecified atom stereocenters. The molecular formula is C16H17Cl2N3O2S. The highest BCUT2D eigenvalue weighted by Gasteiger charge is 2.15. The molecule has 5 nitrogen and oxygen atoms in total. The molecule has 8 heteroatoms. The number of halogens is 2. The summed E-state index contributed by atoms with van der Waals surface area (Å²) in [4.78, 5) is 12.1. The van der Waals surface area contributed by atoms with Crippen molar-refractivity contribution in [3.8, 4) is 11.3 Å². The van der Waals surface area contributed by atoms with Crippen molar-refractivity contribution >= 4 is 46.4 Å². The molecule has 128 valence electrons. The van der Waals surface area contributed by atoms with Crippen LogP contribution in [0.5, 0.6) is 0 Å². The summed E-state index contributed by atoms with van der Waals surface area (Å²) in [5.41, 5.74) is 5.53. The third-order valence-electron chi connectivity index (χ3n) is 2.80. The first-order valence-corrected chi connectivity index (χ1v) is 8.26. The van der Waals surface area contributed by atoms with Gasteiger partial charge in [-0.15, -0.1) is 0 Å². The highest BCUT2D eigenvalue weighted by Crippen LogP contribution is 2.31. The quantitative estimate of drug-likeness (QED) is 0.534. The number of thiocarbonyl (C=S) groups is 1. The summed E-state index contributed by atoms with van der Waals surface area (Å²) in [6.45, 7) is 5.87. The zero-order chi connectivity index (χ0) is 17.9. The van der Waals surface area contributed by atoms with Crippen LogP contribution in [0.3, 0.4) is 0 Å². The second-order valence-corrected chi connectivity index (χ2v) is 7.32. The zero-order valence-electron chi connectivity index (χ0n) is 13.4. The van der Waals surface area contributed by atoms with Crippen LogP contribution in [0.2, 0.25) is 10.0 Å². The molecule has 0 aliphatic rings. The van der Waals surface area contributed by atoms with Gasteiger partial charge >= 0.3 is 5.91 Å². The summed E-state index contributed by atoms with van der Waals surface area (Å²) in [5.74, 6) is 0.142. The fourth-order valence-electron chi connectivity index (χ4n) is 1.84. The molecule has 0 spiro atoms. The molecule has 2 aromatic rings. The summed E-state index contributed by atoms with van der Waals surface area (Å²) < 4.78 is 5.54. The van der Waals surface area contributed by atoms with E-state index >= 15 is 0 Å². The zero-order valence-corrected chi connectivity index (χ0v) is 15.7. The first-order chi connectivity index (χ1) is 11.2. The van der Waals surface area contributed by atoms with Gasteiger partial charge in [0.1, 0.15) is 5.76 Å². The van der Waals surface area contributed by atoms with Crippen LogP contribution in [-0.4, -0.2) is 16.6 Å². The van der Waals surface area contributed by atoms with Crippen molar-refractivity contribution in [3.05, 3.63) is 46.1 Å². The van der Waals surface area contributed by atoms with Gasteiger partial charge in [-0.3, -0.25) is 15.6 Å². The van der Waals surface area contributed by atoms with E-state index in [2.05, 4.69) is 16.2 Å². The average molecular weight is 386 g/mol. The SMILES string of the molecule is CC(C)(C)NC(=S)NNC(=O)c1ccc(-c2ccc(Cl)cc2Cl)o1. The molecule has 0 saturated heterocycles. The van der Waals surface area contributed by atoms with Gasteiger partial charge in [-0.1, -0.05) is 23.2 Å². The van der Waals surface area contributed by atoms with E-state index in [-0.39, 0.29) is 11.3 Å². The third-order valence-corrected chi connectivity index (χ3v) is 3.56. The highest BCUT2D eigenvalue weighted by atomic mass is 35.5. The molecule has 0 aliphatic heterocycles. The van der Waals surface area contributed by atoms with Gasteiger partial charge in [0.15, 0.2) is 10.9 Å². The number of carbonyl (C=O) groups excluding carboxylic acids is 1. The predicted octanol–water partition coefficient (Wildman–Crippen LogP) is 4.16. The monoisotopic (exact) mass is 385 g/mol. The summed E-state index contributed by atoms with van der Waals surface area (Å²) in [7, 11) is 0. The van der Waals surface area contributed by atoms with E-state index in [1.54, 1.807) is 30.3 Å². The summed E-state index contributed by atoms with van der Waals surface area (Å²) >= 11 is 17.1. The Labute approximate surface area is 155 Å². The maximum Gasteiger partial charge on any atom is 0.305 e. The maximum absolute atomic E-state index is 12.1. The number of benzene rings is 1. The Morgan fingerprint density at radius 1 is 1.12 bits per heavy atom. The van der Waals surface area contributed by atoms with E-state index in [4.69, 9.17) is 39.8 Å². The Hall–Kier alpha value is -1.76. The maximum atomic E-state index is 12.1. The molecule has 0 aliphatic carbocycles. The van der Waals surface area contributed by atoms with Gasteiger partial charge in [-0.2, -0.15) is 0 Å². The number of amides is 1. The minimum atomic E-state index is -0.454. The lowest BCUT2D eigenvalue weighted by molar-refractivity contribution is 0.0916. The Morgan fingerprint density at radius 3 is 2.46 bits per heavy atom. The fourth-order valence-corrected chi connectivity index (χ4v) is 2.70. The minimum Gasteiger partial charge on any atom is -0.451 e. The summed E-state index contributed by atoms with van der Waals surface area (Å²) in [6, 6.07) is 8.25. The van der Waals surface area contributed by atoms with Gasteiger partial charge < -0.3 is 9.73 Å². The molecule has 1 aromatic heterocycles. The van der Waals surface area contributed by atoms with Crippen LogP contribution in [0.25, 0.3) is 11.3 Å². The van der Waals surface area contributed by atoms with E-state index < -0.39 is 5.91 Å². The summed E-state index contributed by atoms with van der Waals surface area (Å²) in [5, 5.41) is 4.29. The molecule has 24 heavy (non-hydrogen) atoms. The number of carbonyl (C=O) groups is 1. The van der Waals surface area contributed by atoms with E-state index in [1.165, 1.54) is 0 Å². The molecule has 3 N–H and O–H groups in total. The topological polar surface area (TPSA) is 66.3 Å². The normalized spacial score (nSPS) is 11.0. The number of hydrogen-bond donors (Lipinski definition) is 3. The van der Waals surface area contributed by atoms with Crippen LogP contribution in [0, 0.1) is 0 Å². The van der Waals surface area contributed by atoms with Crippen LogP contribution in [0.15, 0.2) is 34.7 Å². The van der Waals surface area contributed by atoms with E-state index in [9.17, 15) is 4.79 Å². The van der Waals surface area contributed by atoms with Gasteiger partial charge in [-0.05, 0) is 63.3 Å². The van der Waals surface area contributed by atoms with Crippen molar-refractivity contribution in [3.63, 3.8) is 0 Å². The number of furan rings is 1. The third kappa shape index (κ3) is 5.12. The Kier molecular flexibility index (Phi) is 5.74. The van der Waals surface area contributed by atoms with E-state index in [1.807, 2.05) is 20.8 Å². The second kappa shape index (κ2) is 7.42. The van der Waals surface area contributed by atoms with E-state index in [0.29, 0.717) is 26.5 Å². The van der Waals surface area contributed by atoms with Gasteiger partial charge in [0, 0.05) is 16.1 Å². The minimum absolute atomic E-state index is 0.127. The Bertz CT molecular complexity index is 769. The molecule has 0 saturated carbocycles. The molecule has 0 radical (unpaired) electrons. The van der Waals surface area contributed by atoms with Gasteiger partial charge in [0.25, 0.3) is 0 Å². The van der Waals surface area contributed by atoms with Gasteiger partial charge in [0.05, 0.1) is 5.02 Å².